The lowest BCUT2D eigenvalue weighted by atomic mass is 9.94. The first-order valence-electron chi connectivity index (χ1n) is 18.4. The number of hydrogen-bond donors (Lipinski definition) is 0. The first-order valence-corrected chi connectivity index (χ1v) is 18.4. The Hall–Kier alpha value is -7.43. The third kappa shape index (κ3) is 6.06. The number of aromatic nitrogens is 3. The van der Waals surface area contributed by atoms with Crippen molar-refractivity contribution in [3.8, 4) is 78.7 Å². The van der Waals surface area contributed by atoms with Crippen molar-refractivity contribution >= 4 is 21.9 Å². The van der Waals surface area contributed by atoms with Gasteiger partial charge in [-0.2, -0.15) is 0 Å². The average molecular weight is 704 g/mol. The normalized spacial score (nSPS) is 11.3. The summed E-state index contributed by atoms with van der Waals surface area (Å²) in [7, 11) is 0. The van der Waals surface area contributed by atoms with Crippen LogP contribution in [-0.4, -0.2) is 15.0 Å². The fourth-order valence-electron chi connectivity index (χ4n) is 7.40. The van der Waals surface area contributed by atoms with Gasteiger partial charge in [-0.3, -0.25) is 0 Å². The summed E-state index contributed by atoms with van der Waals surface area (Å²) in [5, 5.41) is 1.97. The SMILES string of the molecule is c1ccc(-c2cc(-c3ccc(-c4ccc5nc(-c6ccccc6)c6c(-c7ccccc7)c(-c7ccccc7)oc6c5c4)cc3)nc(-c3ccccc3)n2)cc1. The van der Waals surface area contributed by atoms with Gasteiger partial charge >= 0.3 is 0 Å². The van der Waals surface area contributed by atoms with Crippen LogP contribution in [0.25, 0.3) is 101 Å². The van der Waals surface area contributed by atoms with Crippen molar-refractivity contribution in [2.45, 2.75) is 0 Å². The van der Waals surface area contributed by atoms with Gasteiger partial charge in [-0.25, -0.2) is 15.0 Å². The molecule has 0 radical (unpaired) electrons. The van der Waals surface area contributed by atoms with Gasteiger partial charge in [0.25, 0.3) is 0 Å². The van der Waals surface area contributed by atoms with E-state index in [-0.39, 0.29) is 0 Å². The second-order valence-electron chi connectivity index (χ2n) is 13.6. The molecule has 4 heteroatoms. The molecule has 4 nitrogen and oxygen atoms in total. The highest BCUT2D eigenvalue weighted by Gasteiger charge is 2.24. The topological polar surface area (TPSA) is 51.8 Å². The van der Waals surface area contributed by atoms with Crippen LogP contribution in [0, 0.1) is 0 Å². The maximum absolute atomic E-state index is 7.02. The monoisotopic (exact) mass is 703 g/mol. The molecule has 0 saturated carbocycles. The lowest BCUT2D eigenvalue weighted by Crippen LogP contribution is -1.95. The zero-order chi connectivity index (χ0) is 36.6. The van der Waals surface area contributed by atoms with E-state index in [1.165, 1.54) is 0 Å². The maximum atomic E-state index is 7.02. The third-order valence-electron chi connectivity index (χ3n) is 10.1. The van der Waals surface area contributed by atoms with Crippen LogP contribution in [0.5, 0.6) is 0 Å². The molecule has 3 aromatic heterocycles. The zero-order valence-corrected chi connectivity index (χ0v) is 29.8. The summed E-state index contributed by atoms with van der Waals surface area (Å²) < 4.78 is 7.02. The van der Waals surface area contributed by atoms with E-state index in [9.17, 15) is 0 Å². The van der Waals surface area contributed by atoms with Gasteiger partial charge < -0.3 is 4.42 Å². The van der Waals surface area contributed by atoms with Crippen LogP contribution >= 0.6 is 0 Å². The van der Waals surface area contributed by atoms with Crippen molar-refractivity contribution in [2.75, 3.05) is 0 Å². The quantitative estimate of drug-likeness (QED) is 0.166. The Bertz CT molecular complexity index is 2870. The third-order valence-corrected chi connectivity index (χ3v) is 10.1. The van der Waals surface area contributed by atoms with E-state index < -0.39 is 0 Å². The Labute approximate surface area is 319 Å². The molecule has 0 bridgehead atoms. The Morgan fingerprint density at radius 1 is 0.345 bits per heavy atom. The van der Waals surface area contributed by atoms with E-state index >= 15 is 0 Å². The van der Waals surface area contributed by atoms with Crippen LogP contribution in [0.1, 0.15) is 0 Å². The first-order chi connectivity index (χ1) is 27.3. The first kappa shape index (κ1) is 32.2. The lowest BCUT2D eigenvalue weighted by Gasteiger charge is -2.11. The summed E-state index contributed by atoms with van der Waals surface area (Å²) in [6.45, 7) is 0. The minimum absolute atomic E-state index is 0.699. The number of benzene rings is 7. The molecule has 10 rings (SSSR count). The molecule has 0 saturated heterocycles. The molecular formula is C51H33N3O. The molecule has 55 heavy (non-hydrogen) atoms. The van der Waals surface area contributed by atoms with Gasteiger partial charge in [0.05, 0.1) is 28.0 Å². The molecule has 0 N–H and O–H groups in total. The molecule has 258 valence electrons. The van der Waals surface area contributed by atoms with Crippen LogP contribution < -0.4 is 0 Å². The summed E-state index contributed by atoms with van der Waals surface area (Å²) in [5.74, 6) is 1.53. The summed E-state index contributed by atoms with van der Waals surface area (Å²) in [6, 6.07) is 68.9. The van der Waals surface area contributed by atoms with Crippen molar-refractivity contribution in [3.63, 3.8) is 0 Å². The van der Waals surface area contributed by atoms with E-state index in [2.05, 4.69) is 146 Å². The molecule has 10 aromatic rings. The van der Waals surface area contributed by atoms with E-state index in [4.69, 9.17) is 19.4 Å². The van der Waals surface area contributed by atoms with Crippen molar-refractivity contribution in [3.05, 3.63) is 200 Å². The minimum atomic E-state index is 0.699. The van der Waals surface area contributed by atoms with Crippen LogP contribution in [0.4, 0.5) is 0 Å². The number of hydrogen-bond acceptors (Lipinski definition) is 4. The Morgan fingerprint density at radius 3 is 1.42 bits per heavy atom. The Morgan fingerprint density at radius 2 is 0.818 bits per heavy atom. The molecule has 7 aromatic carbocycles. The van der Waals surface area contributed by atoms with Gasteiger partial charge in [0.15, 0.2) is 5.82 Å². The van der Waals surface area contributed by atoms with Crippen molar-refractivity contribution in [1.29, 1.82) is 0 Å². The standard InChI is InChI=1S/C51H33N3O/c1-6-16-35(17-7-1)44-33-45(54-51(53-44)40-24-14-5-15-25-40)36-28-26-34(27-29-36)41-30-31-43-42(32-41)50-47(48(52-43)38-20-10-3-11-21-38)46(37-18-8-2-9-19-37)49(55-50)39-22-12-4-13-23-39/h1-33H. The largest absolute Gasteiger partial charge is 0.455 e. The lowest BCUT2D eigenvalue weighted by molar-refractivity contribution is 0.636. The Balaban J connectivity index is 1.13. The maximum Gasteiger partial charge on any atom is 0.160 e. The van der Waals surface area contributed by atoms with Crippen molar-refractivity contribution < 1.29 is 4.42 Å². The number of pyridine rings is 1. The molecule has 0 aliphatic carbocycles. The summed E-state index contributed by atoms with van der Waals surface area (Å²) in [6.07, 6.45) is 0. The Kier molecular flexibility index (Phi) is 8.12. The van der Waals surface area contributed by atoms with Gasteiger partial charge in [0.1, 0.15) is 11.3 Å². The number of furan rings is 1. The van der Waals surface area contributed by atoms with Gasteiger partial charge in [-0.1, -0.05) is 182 Å². The van der Waals surface area contributed by atoms with Gasteiger partial charge in [-0.15, -0.1) is 0 Å². The molecular weight excluding hydrogens is 671 g/mol. The molecule has 0 amide bonds. The summed E-state index contributed by atoms with van der Waals surface area (Å²) in [5.41, 5.74) is 13.8. The summed E-state index contributed by atoms with van der Waals surface area (Å²) in [4.78, 5) is 15.4. The van der Waals surface area contributed by atoms with E-state index in [1.54, 1.807) is 0 Å². The van der Waals surface area contributed by atoms with Gasteiger partial charge in [0, 0.05) is 38.8 Å². The molecule has 0 unspecified atom stereocenters. The minimum Gasteiger partial charge on any atom is -0.455 e. The summed E-state index contributed by atoms with van der Waals surface area (Å²) >= 11 is 0. The molecule has 0 spiro atoms. The van der Waals surface area contributed by atoms with E-state index in [1.807, 2.05) is 54.6 Å². The smallest absolute Gasteiger partial charge is 0.160 e. The highest BCUT2D eigenvalue weighted by atomic mass is 16.3. The predicted octanol–water partition coefficient (Wildman–Crippen LogP) is 13.4. The number of fused-ring (bicyclic) bond motifs is 3. The highest BCUT2D eigenvalue weighted by molar-refractivity contribution is 6.17. The van der Waals surface area contributed by atoms with E-state index in [0.717, 1.165) is 94.8 Å². The molecule has 0 aliphatic heterocycles. The van der Waals surface area contributed by atoms with Gasteiger partial charge in [-0.05, 0) is 34.9 Å². The van der Waals surface area contributed by atoms with E-state index in [0.29, 0.717) is 5.82 Å². The fourth-order valence-corrected chi connectivity index (χ4v) is 7.40. The van der Waals surface area contributed by atoms with Crippen molar-refractivity contribution in [1.82, 2.24) is 15.0 Å². The number of rotatable bonds is 7. The predicted molar refractivity (Wildman–Crippen MR) is 225 cm³/mol. The highest BCUT2D eigenvalue weighted by Crippen LogP contribution is 2.47. The molecule has 0 aliphatic rings. The van der Waals surface area contributed by atoms with Gasteiger partial charge in [0.2, 0.25) is 0 Å². The fraction of sp³-hybridized carbons (Fsp3) is 0. The molecule has 0 fully saturated rings. The van der Waals surface area contributed by atoms with Crippen LogP contribution in [0.15, 0.2) is 205 Å². The average Bonchev–Trinajstić information content (AvgIpc) is 3.69. The van der Waals surface area contributed by atoms with Crippen LogP contribution in [0.3, 0.4) is 0 Å². The number of nitrogens with zero attached hydrogens (tertiary/aromatic N) is 3. The van der Waals surface area contributed by atoms with Crippen LogP contribution in [-0.2, 0) is 0 Å². The zero-order valence-electron chi connectivity index (χ0n) is 29.8. The second kappa shape index (κ2) is 13.8. The second-order valence-corrected chi connectivity index (χ2v) is 13.6. The molecule has 0 atom stereocenters. The van der Waals surface area contributed by atoms with Crippen molar-refractivity contribution in [2.24, 2.45) is 0 Å². The molecule has 3 heterocycles. The van der Waals surface area contributed by atoms with Crippen LogP contribution in [0.2, 0.25) is 0 Å².